The number of carbonyl (C=O) groups excluding carboxylic acids is 1. The molecule has 0 radical (unpaired) electrons. The van der Waals surface area contributed by atoms with Crippen LogP contribution >= 0.6 is 0 Å². The molecule has 39 heavy (non-hydrogen) atoms. The summed E-state index contributed by atoms with van der Waals surface area (Å²) in [5.41, 5.74) is 8.59. The Balaban J connectivity index is 1.46. The van der Waals surface area contributed by atoms with Crippen molar-refractivity contribution in [3.8, 4) is 11.1 Å². The number of amides is 1. The molecule has 0 saturated carbocycles. The Morgan fingerprint density at radius 3 is 2.49 bits per heavy atom. The van der Waals surface area contributed by atoms with Crippen LogP contribution in [0.4, 0.5) is 11.4 Å². The zero-order valence-electron chi connectivity index (χ0n) is 23.6. The fourth-order valence-electron chi connectivity index (χ4n) is 5.86. The van der Waals surface area contributed by atoms with Gasteiger partial charge in [-0.2, -0.15) is 0 Å². The molecule has 1 aromatic heterocycles. The number of hydrogen-bond donors (Lipinski definition) is 2. The lowest BCUT2D eigenvalue weighted by Gasteiger charge is -2.29. The van der Waals surface area contributed by atoms with Crippen molar-refractivity contribution in [1.82, 2.24) is 10.3 Å². The predicted molar refractivity (Wildman–Crippen MR) is 158 cm³/mol. The van der Waals surface area contributed by atoms with Crippen LogP contribution in [0.15, 0.2) is 47.3 Å². The molecule has 2 aliphatic heterocycles. The Morgan fingerprint density at radius 1 is 1.05 bits per heavy atom. The second-order valence-corrected chi connectivity index (χ2v) is 10.9. The molecular formula is C32H40N4O3. The first-order chi connectivity index (χ1) is 18.9. The van der Waals surface area contributed by atoms with Gasteiger partial charge in [-0.1, -0.05) is 25.5 Å². The topological polar surface area (TPSA) is 77.7 Å². The van der Waals surface area contributed by atoms with Crippen LogP contribution in [-0.2, 0) is 24.1 Å². The van der Waals surface area contributed by atoms with Crippen molar-refractivity contribution in [3.05, 3.63) is 80.8 Å². The first-order valence-corrected chi connectivity index (χ1v) is 14.2. The summed E-state index contributed by atoms with van der Waals surface area (Å²) in [6, 6.07) is 15.2. The van der Waals surface area contributed by atoms with Crippen LogP contribution in [0.5, 0.6) is 0 Å². The summed E-state index contributed by atoms with van der Waals surface area (Å²) < 4.78 is 5.50. The van der Waals surface area contributed by atoms with Crippen LogP contribution in [-0.4, -0.2) is 49.8 Å². The number of aromatic nitrogens is 1. The number of hydrogen-bond acceptors (Lipinski definition) is 5. The number of aromatic amines is 1. The lowest BCUT2D eigenvalue weighted by molar-refractivity contribution is 0.0950. The van der Waals surface area contributed by atoms with Crippen molar-refractivity contribution >= 4 is 17.3 Å². The first-order valence-electron chi connectivity index (χ1n) is 14.2. The molecule has 3 aromatic rings. The number of pyridine rings is 1. The van der Waals surface area contributed by atoms with E-state index >= 15 is 0 Å². The van der Waals surface area contributed by atoms with E-state index < -0.39 is 0 Å². The number of aryl methyl sites for hydroxylation is 2. The molecule has 1 amide bonds. The highest BCUT2D eigenvalue weighted by Crippen LogP contribution is 2.37. The molecule has 2 N–H and O–H groups in total. The first kappa shape index (κ1) is 27.0. The number of H-pyrrole nitrogens is 1. The zero-order valence-corrected chi connectivity index (χ0v) is 23.6. The van der Waals surface area contributed by atoms with Crippen molar-refractivity contribution < 1.29 is 9.53 Å². The Hall–Kier alpha value is -3.58. The lowest BCUT2D eigenvalue weighted by Crippen LogP contribution is -2.36. The van der Waals surface area contributed by atoms with E-state index in [1.54, 1.807) is 0 Å². The van der Waals surface area contributed by atoms with E-state index in [1.165, 1.54) is 5.69 Å². The van der Waals surface area contributed by atoms with Gasteiger partial charge in [0.05, 0.1) is 13.2 Å². The maximum atomic E-state index is 13.7. The van der Waals surface area contributed by atoms with E-state index in [2.05, 4.69) is 71.2 Å². The lowest BCUT2D eigenvalue weighted by atomic mass is 9.96. The Kier molecular flexibility index (Phi) is 8.07. The van der Waals surface area contributed by atoms with Crippen LogP contribution in [0.25, 0.3) is 11.1 Å². The van der Waals surface area contributed by atoms with Crippen LogP contribution in [0.3, 0.4) is 0 Å². The largest absolute Gasteiger partial charge is 0.378 e. The summed E-state index contributed by atoms with van der Waals surface area (Å²) in [7, 11) is 0. The van der Waals surface area contributed by atoms with E-state index in [1.807, 2.05) is 19.1 Å². The number of morpholine rings is 1. The molecule has 2 aliphatic rings. The van der Waals surface area contributed by atoms with Crippen molar-refractivity contribution in [1.29, 1.82) is 0 Å². The smallest absolute Gasteiger partial charge is 0.253 e. The van der Waals surface area contributed by atoms with Gasteiger partial charge in [-0.15, -0.1) is 0 Å². The van der Waals surface area contributed by atoms with Crippen LogP contribution in [0.1, 0.15) is 59.9 Å². The van der Waals surface area contributed by atoms with Gasteiger partial charge in [-0.3, -0.25) is 9.59 Å². The molecule has 7 heteroatoms. The molecule has 0 aliphatic carbocycles. The summed E-state index contributed by atoms with van der Waals surface area (Å²) in [6.07, 6.45) is 2.58. The van der Waals surface area contributed by atoms with Gasteiger partial charge in [0, 0.05) is 60.4 Å². The van der Waals surface area contributed by atoms with Gasteiger partial charge < -0.3 is 24.8 Å². The maximum absolute atomic E-state index is 13.7. The maximum Gasteiger partial charge on any atom is 0.253 e. The molecule has 206 valence electrons. The number of nitrogens with one attached hydrogen (secondary N) is 2. The summed E-state index contributed by atoms with van der Waals surface area (Å²) >= 11 is 0. The fourth-order valence-corrected chi connectivity index (χ4v) is 5.86. The third-order valence-electron chi connectivity index (χ3n) is 7.89. The highest BCUT2D eigenvalue weighted by Gasteiger charge is 2.27. The van der Waals surface area contributed by atoms with Crippen LogP contribution in [0, 0.1) is 6.92 Å². The van der Waals surface area contributed by atoms with E-state index in [4.69, 9.17) is 4.74 Å². The second kappa shape index (κ2) is 11.7. The number of ether oxygens (including phenoxy) is 1. The number of rotatable bonds is 8. The fraction of sp³-hybridized carbons (Fsp3) is 0.438. The van der Waals surface area contributed by atoms with Crippen LogP contribution < -0.4 is 20.7 Å². The Bertz CT molecular complexity index is 1390. The highest BCUT2D eigenvalue weighted by molar-refractivity contribution is 5.99. The number of anilines is 2. The van der Waals surface area contributed by atoms with E-state index in [0.29, 0.717) is 17.2 Å². The molecule has 2 aromatic carbocycles. The Labute approximate surface area is 231 Å². The van der Waals surface area contributed by atoms with Crippen LogP contribution in [0.2, 0.25) is 0 Å². The molecule has 0 atom stereocenters. The molecule has 1 fully saturated rings. The SMILES string of the molecule is CCCc1cc(C)[nH]c(=O)c1CNC(=O)c1cc(-c2ccc(N3CCOCC3)cc2)cc2c1CCN2C(C)C. The quantitative estimate of drug-likeness (QED) is 0.438. The van der Waals surface area contributed by atoms with Crippen molar-refractivity contribution in [2.24, 2.45) is 0 Å². The number of nitrogens with zero attached hydrogens (tertiary/aromatic N) is 2. The van der Waals surface area contributed by atoms with Gasteiger partial charge in [0.15, 0.2) is 0 Å². The molecule has 7 nitrogen and oxygen atoms in total. The molecule has 3 heterocycles. The Morgan fingerprint density at radius 2 is 1.79 bits per heavy atom. The molecule has 0 unspecified atom stereocenters. The third kappa shape index (κ3) is 5.74. The van der Waals surface area contributed by atoms with Crippen molar-refractivity contribution in [3.63, 3.8) is 0 Å². The normalized spacial score (nSPS) is 15.1. The molecule has 0 spiro atoms. The summed E-state index contributed by atoms with van der Waals surface area (Å²) in [4.78, 5) is 34.0. The number of carbonyl (C=O) groups is 1. The average molecular weight is 529 g/mol. The zero-order chi connectivity index (χ0) is 27.5. The van der Waals surface area contributed by atoms with E-state index in [0.717, 1.165) is 85.7 Å². The summed E-state index contributed by atoms with van der Waals surface area (Å²) in [5, 5.41) is 3.08. The minimum atomic E-state index is -0.133. The van der Waals surface area contributed by atoms with Gasteiger partial charge in [0.25, 0.3) is 11.5 Å². The van der Waals surface area contributed by atoms with E-state index in [-0.39, 0.29) is 18.0 Å². The molecule has 5 rings (SSSR count). The van der Waals surface area contributed by atoms with E-state index in [9.17, 15) is 9.59 Å². The highest BCUT2D eigenvalue weighted by atomic mass is 16.5. The van der Waals surface area contributed by atoms with Gasteiger partial charge in [0.2, 0.25) is 0 Å². The predicted octanol–water partition coefficient (Wildman–Crippen LogP) is 4.84. The second-order valence-electron chi connectivity index (χ2n) is 10.9. The molecule has 0 bridgehead atoms. The molecular weight excluding hydrogens is 488 g/mol. The standard InChI is InChI=1S/C32H40N4O3/c1-5-6-24-17-22(4)34-32(38)29(24)20-33-31(37)28-18-25(19-30-27(28)11-12-36(30)21(2)3)23-7-9-26(10-8-23)35-13-15-39-16-14-35/h7-10,17-19,21H,5-6,11-16,20H2,1-4H3,(H,33,37)(H,34,38). The number of fused-ring (bicyclic) bond motifs is 1. The third-order valence-corrected chi connectivity index (χ3v) is 7.89. The molecule has 1 saturated heterocycles. The van der Waals surface area contributed by atoms with Gasteiger partial charge in [-0.05, 0) is 86.2 Å². The summed E-state index contributed by atoms with van der Waals surface area (Å²) in [6.45, 7) is 12.8. The van der Waals surface area contributed by atoms with Crippen molar-refractivity contribution in [2.75, 3.05) is 42.6 Å². The minimum Gasteiger partial charge on any atom is -0.378 e. The number of benzene rings is 2. The summed E-state index contributed by atoms with van der Waals surface area (Å²) in [5.74, 6) is -0.133. The van der Waals surface area contributed by atoms with Crippen molar-refractivity contribution in [2.45, 2.75) is 59.5 Å². The van der Waals surface area contributed by atoms with Gasteiger partial charge in [0.1, 0.15) is 0 Å². The van der Waals surface area contributed by atoms with Gasteiger partial charge >= 0.3 is 0 Å². The minimum absolute atomic E-state index is 0.121. The van der Waals surface area contributed by atoms with Gasteiger partial charge in [-0.25, -0.2) is 0 Å². The monoisotopic (exact) mass is 528 g/mol. The average Bonchev–Trinajstić information content (AvgIpc) is 3.37.